The molecule has 1 aliphatic carbocycles. The molecule has 0 spiro atoms. The minimum absolute atomic E-state index is 0.0454. The van der Waals surface area contributed by atoms with Crippen LogP contribution < -0.4 is 15.8 Å². The molecule has 2 fully saturated rings. The molecule has 1 unspecified atom stereocenters. The lowest BCUT2D eigenvalue weighted by Gasteiger charge is -2.36. The van der Waals surface area contributed by atoms with Gasteiger partial charge in [-0.3, -0.25) is 9.20 Å². The van der Waals surface area contributed by atoms with Crippen LogP contribution in [0.2, 0.25) is 0 Å². The molecule has 1 aromatic carbocycles. The van der Waals surface area contributed by atoms with Gasteiger partial charge in [0.25, 0.3) is 5.56 Å². The second-order valence-electron chi connectivity index (χ2n) is 10.6. The first-order valence-corrected chi connectivity index (χ1v) is 13.2. The van der Waals surface area contributed by atoms with Crippen molar-refractivity contribution in [3.8, 4) is 0 Å². The quantitative estimate of drug-likeness (QED) is 0.470. The number of carboxylic acids is 1. The Morgan fingerprint density at radius 1 is 1.08 bits per heavy atom. The van der Waals surface area contributed by atoms with Gasteiger partial charge in [-0.15, -0.1) is 0 Å². The first-order chi connectivity index (χ1) is 17.3. The molecule has 3 heterocycles. The van der Waals surface area contributed by atoms with Crippen LogP contribution in [0.5, 0.6) is 0 Å². The second-order valence-corrected chi connectivity index (χ2v) is 10.6. The normalized spacial score (nSPS) is 18.0. The molecule has 1 saturated heterocycles. The highest BCUT2D eigenvalue weighted by molar-refractivity contribution is 5.94. The first kappa shape index (κ1) is 24.3. The molecule has 2 aliphatic rings. The van der Waals surface area contributed by atoms with E-state index in [2.05, 4.69) is 10.2 Å². The van der Waals surface area contributed by atoms with E-state index < -0.39 is 5.97 Å². The molecule has 5 rings (SSSR count). The summed E-state index contributed by atoms with van der Waals surface area (Å²) in [4.78, 5) is 32.6. The summed E-state index contributed by atoms with van der Waals surface area (Å²) in [6, 6.07) is 8.67. The van der Waals surface area contributed by atoms with Crippen molar-refractivity contribution in [1.29, 1.82) is 0 Å². The zero-order valence-corrected chi connectivity index (χ0v) is 21.5. The van der Waals surface area contributed by atoms with Crippen LogP contribution in [0.4, 0.5) is 11.5 Å². The summed E-state index contributed by atoms with van der Waals surface area (Å²) in [7, 11) is 0. The molecule has 0 bridgehead atoms. The number of carboxylic acid groups (broad SMARTS) is 1. The monoisotopic (exact) mass is 488 g/mol. The predicted molar refractivity (Wildman–Crippen MR) is 143 cm³/mol. The fraction of sp³-hybridized carbons (Fsp3) is 0.483. The minimum Gasteiger partial charge on any atom is -0.478 e. The Morgan fingerprint density at radius 2 is 1.75 bits per heavy atom. The molecule has 2 N–H and O–H groups in total. The Hall–Kier alpha value is -3.35. The van der Waals surface area contributed by atoms with E-state index in [9.17, 15) is 14.7 Å². The molecule has 1 aliphatic heterocycles. The van der Waals surface area contributed by atoms with Gasteiger partial charge in [0.05, 0.1) is 17.2 Å². The fourth-order valence-corrected chi connectivity index (χ4v) is 6.23. The van der Waals surface area contributed by atoms with Gasteiger partial charge in [-0.2, -0.15) is 0 Å². The van der Waals surface area contributed by atoms with Crippen molar-refractivity contribution in [1.82, 2.24) is 9.38 Å². The molecule has 2 aromatic heterocycles. The third-order valence-electron chi connectivity index (χ3n) is 8.19. The van der Waals surface area contributed by atoms with Crippen LogP contribution in [0.3, 0.4) is 0 Å². The maximum Gasteiger partial charge on any atom is 0.337 e. The van der Waals surface area contributed by atoms with Crippen LogP contribution >= 0.6 is 0 Å². The SMILES string of the molecule is Cc1cc(C(C)Nc2ccccc2C(=O)O)c2nc(N3CCC(C4CCCC4)CC3)c(C)c(=O)n2c1. The van der Waals surface area contributed by atoms with E-state index in [0.717, 1.165) is 54.7 Å². The number of nitrogens with zero attached hydrogens (tertiary/aromatic N) is 3. The molecule has 36 heavy (non-hydrogen) atoms. The van der Waals surface area contributed by atoms with Crippen molar-refractivity contribution in [3.63, 3.8) is 0 Å². The summed E-state index contributed by atoms with van der Waals surface area (Å²) < 4.78 is 1.65. The summed E-state index contributed by atoms with van der Waals surface area (Å²) in [5.74, 6) is 1.47. The number of carbonyl (C=O) groups is 1. The summed E-state index contributed by atoms with van der Waals surface area (Å²) >= 11 is 0. The van der Waals surface area contributed by atoms with E-state index >= 15 is 0 Å². The minimum atomic E-state index is -0.979. The van der Waals surface area contributed by atoms with Gasteiger partial charge in [-0.25, -0.2) is 9.78 Å². The summed E-state index contributed by atoms with van der Waals surface area (Å²) in [6.45, 7) is 7.70. The Bertz CT molecular complexity index is 1330. The number of aryl methyl sites for hydroxylation is 1. The van der Waals surface area contributed by atoms with Gasteiger partial charge in [-0.05, 0) is 69.2 Å². The van der Waals surface area contributed by atoms with Crippen molar-refractivity contribution in [2.24, 2.45) is 11.8 Å². The third kappa shape index (κ3) is 4.59. The van der Waals surface area contributed by atoms with Crippen LogP contribution in [0, 0.1) is 25.7 Å². The van der Waals surface area contributed by atoms with E-state index in [1.807, 2.05) is 39.1 Å². The molecule has 3 aromatic rings. The summed E-state index contributed by atoms with van der Waals surface area (Å²) in [6.07, 6.45) is 9.66. The predicted octanol–water partition coefficient (Wildman–Crippen LogP) is 5.59. The van der Waals surface area contributed by atoms with Gasteiger partial charge in [-0.1, -0.05) is 37.8 Å². The fourth-order valence-electron chi connectivity index (χ4n) is 6.23. The average molecular weight is 489 g/mol. The molecular weight excluding hydrogens is 452 g/mol. The van der Waals surface area contributed by atoms with Gasteiger partial charge < -0.3 is 15.3 Å². The highest BCUT2D eigenvalue weighted by Crippen LogP contribution is 2.38. The van der Waals surface area contributed by atoms with Crippen molar-refractivity contribution in [2.75, 3.05) is 23.3 Å². The molecule has 0 amide bonds. The topological polar surface area (TPSA) is 86.9 Å². The van der Waals surface area contributed by atoms with Crippen LogP contribution in [0.15, 0.2) is 41.3 Å². The largest absolute Gasteiger partial charge is 0.478 e. The number of anilines is 2. The first-order valence-electron chi connectivity index (χ1n) is 13.2. The van der Waals surface area contributed by atoms with Crippen LogP contribution in [-0.2, 0) is 0 Å². The van der Waals surface area contributed by atoms with Crippen molar-refractivity contribution < 1.29 is 9.90 Å². The van der Waals surface area contributed by atoms with Gasteiger partial charge >= 0.3 is 5.97 Å². The number of rotatable bonds is 6. The number of para-hydroxylation sites is 1. The molecular formula is C29H36N4O3. The van der Waals surface area contributed by atoms with E-state index in [1.165, 1.54) is 25.7 Å². The maximum atomic E-state index is 13.5. The number of pyridine rings is 1. The highest BCUT2D eigenvalue weighted by atomic mass is 16.4. The van der Waals surface area contributed by atoms with Gasteiger partial charge in [0, 0.05) is 30.5 Å². The van der Waals surface area contributed by atoms with E-state index in [-0.39, 0.29) is 17.2 Å². The number of fused-ring (bicyclic) bond motifs is 1. The van der Waals surface area contributed by atoms with E-state index in [4.69, 9.17) is 4.98 Å². The van der Waals surface area contributed by atoms with Crippen molar-refractivity contribution in [2.45, 2.75) is 65.3 Å². The smallest absolute Gasteiger partial charge is 0.337 e. The zero-order chi connectivity index (χ0) is 25.4. The number of hydrogen-bond donors (Lipinski definition) is 2. The number of nitrogens with one attached hydrogen (secondary N) is 1. The van der Waals surface area contributed by atoms with Gasteiger partial charge in [0.2, 0.25) is 0 Å². The lowest BCUT2D eigenvalue weighted by Crippen LogP contribution is -2.38. The number of aromatic nitrogens is 2. The standard InChI is InChI=1S/C29H36N4O3/c1-18-16-24(20(3)30-25-11-7-6-10-23(25)29(35)36)27-31-26(19(2)28(34)33(27)17-18)32-14-12-22(13-15-32)21-8-4-5-9-21/h6-7,10-11,16-17,20-22,30H,4-5,8-9,12-15H2,1-3H3,(H,35,36). The highest BCUT2D eigenvalue weighted by Gasteiger charge is 2.30. The van der Waals surface area contributed by atoms with Gasteiger partial charge in [0.15, 0.2) is 0 Å². The molecule has 7 nitrogen and oxygen atoms in total. The lowest BCUT2D eigenvalue weighted by atomic mass is 9.83. The Kier molecular flexibility index (Phi) is 6.73. The number of piperidine rings is 1. The van der Waals surface area contributed by atoms with Crippen LogP contribution in [0.1, 0.15) is 78.5 Å². The molecule has 7 heteroatoms. The molecule has 1 saturated carbocycles. The van der Waals surface area contributed by atoms with Crippen LogP contribution in [0.25, 0.3) is 5.65 Å². The summed E-state index contributed by atoms with van der Waals surface area (Å²) in [5.41, 5.74) is 3.84. The number of benzene rings is 1. The maximum absolute atomic E-state index is 13.5. The number of aromatic carboxylic acids is 1. The molecule has 190 valence electrons. The Balaban J connectivity index is 1.49. The Morgan fingerprint density at radius 3 is 2.44 bits per heavy atom. The number of hydrogen-bond acceptors (Lipinski definition) is 5. The molecule has 0 radical (unpaired) electrons. The average Bonchev–Trinajstić information content (AvgIpc) is 3.41. The molecule has 1 atom stereocenters. The van der Waals surface area contributed by atoms with E-state index in [1.54, 1.807) is 22.6 Å². The van der Waals surface area contributed by atoms with Gasteiger partial charge in [0.1, 0.15) is 11.5 Å². The van der Waals surface area contributed by atoms with Crippen molar-refractivity contribution >= 4 is 23.1 Å². The van der Waals surface area contributed by atoms with Crippen LogP contribution in [-0.4, -0.2) is 33.6 Å². The lowest BCUT2D eigenvalue weighted by molar-refractivity contribution is 0.0698. The zero-order valence-electron chi connectivity index (χ0n) is 21.5. The van der Waals surface area contributed by atoms with Crippen molar-refractivity contribution in [3.05, 3.63) is 69.1 Å². The third-order valence-corrected chi connectivity index (χ3v) is 8.19. The van der Waals surface area contributed by atoms with E-state index in [0.29, 0.717) is 16.9 Å². The second kappa shape index (κ2) is 9.96. The Labute approximate surface area is 212 Å². The summed E-state index contributed by atoms with van der Waals surface area (Å²) in [5, 5.41) is 12.9.